The van der Waals surface area contributed by atoms with Crippen molar-refractivity contribution in [2.45, 2.75) is 25.8 Å². The summed E-state index contributed by atoms with van der Waals surface area (Å²) < 4.78 is 10.8. The summed E-state index contributed by atoms with van der Waals surface area (Å²) in [5, 5.41) is 3.34. The number of nitrogens with one attached hydrogen (secondary N) is 1. The number of aryl methyl sites for hydroxylation is 1. The second kappa shape index (κ2) is 6.79. The highest BCUT2D eigenvalue weighted by atomic mass is 16.5. The lowest BCUT2D eigenvalue weighted by Gasteiger charge is -2.34. The minimum atomic E-state index is -0.339. The third kappa shape index (κ3) is 3.48. The van der Waals surface area contributed by atoms with Crippen molar-refractivity contribution >= 4 is 11.7 Å². The summed E-state index contributed by atoms with van der Waals surface area (Å²) in [4.78, 5) is 27.5. The molecule has 2 aromatic heterocycles. The molecule has 2 aliphatic rings. The Morgan fingerprint density at radius 3 is 3.04 bits per heavy atom. The third-order valence-electron chi connectivity index (χ3n) is 4.57. The van der Waals surface area contributed by atoms with E-state index in [0.717, 1.165) is 18.3 Å². The monoisotopic (exact) mass is 343 g/mol. The molecular weight excluding hydrogens is 322 g/mol. The number of anilines is 1. The van der Waals surface area contributed by atoms with Crippen LogP contribution in [0.15, 0.2) is 23.1 Å². The van der Waals surface area contributed by atoms with Crippen LogP contribution in [-0.4, -0.2) is 52.1 Å². The third-order valence-corrected chi connectivity index (χ3v) is 4.57. The first-order chi connectivity index (χ1) is 12.2. The maximum atomic E-state index is 12.8. The largest absolute Gasteiger partial charge is 0.438 e. The molecule has 1 aliphatic heterocycles. The summed E-state index contributed by atoms with van der Waals surface area (Å²) in [6.07, 6.45) is 5.56. The van der Waals surface area contributed by atoms with Crippen LogP contribution in [0.2, 0.25) is 0 Å². The zero-order valence-electron chi connectivity index (χ0n) is 14.1. The normalized spacial score (nSPS) is 20.5. The lowest BCUT2D eigenvalue weighted by Crippen LogP contribution is -2.44. The molecular formula is C17H21N5O3. The Morgan fingerprint density at radius 1 is 1.40 bits per heavy atom. The van der Waals surface area contributed by atoms with Crippen LogP contribution in [-0.2, 0) is 4.74 Å². The fourth-order valence-corrected chi connectivity index (χ4v) is 2.90. The zero-order chi connectivity index (χ0) is 17.2. The topological polar surface area (TPSA) is 93.4 Å². The number of ether oxygens (including phenoxy) is 1. The molecule has 1 saturated carbocycles. The van der Waals surface area contributed by atoms with Gasteiger partial charge in [0.05, 0.1) is 18.9 Å². The molecule has 8 heteroatoms. The molecule has 25 heavy (non-hydrogen) atoms. The van der Waals surface area contributed by atoms with Gasteiger partial charge in [-0.3, -0.25) is 4.79 Å². The van der Waals surface area contributed by atoms with Crippen molar-refractivity contribution in [1.29, 1.82) is 0 Å². The fraction of sp³-hybridized carbons (Fsp3) is 0.529. The number of amides is 1. The van der Waals surface area contributed by atoms with E-state index in [1.165, 1.54) is 19.2 Å². The average molecular weight is 343 g/mol. The number of hydrogen-bond donors (Lipinski definition) is 1. The quantitative estimate of drug-likeness (QED) is 0.885. The molecule has 1 N–H and O–H groups in total. The highest BCUT2D eigenvalue weighted by Crippen LogP contribution is 2.29. The maximum absolute atomic E-state index is 12.8. The van der Waals surface area contributed by atoms with Crippen molar-refractivity contribution in [1.82, 2.24) is 19.9 Å². The molecule has 1 aliphatic carbocycles. The summed E-state index contributed by atoms with van der Waals surface area (Å²) >= 11 is 0. The molecule has 1 saturated heterocycles. The SMILES string of the molecule is Cc1ncoc1C(=O)N1CCOCC1c1nccc(NCC2CC2)n1. The predicted molar refractivity (Wildman–Crippen MR) is 89.1 cm³/mol. The van der Waals surface area contributed by atoms with Gasteiger partial charge in [-0.1, -0.05) is 0 Å². The van der Waals surface area contributed by atoms with E-state index in [2.05, 4.69) is 20.3 Å². The van der Waals surface area contributed by atoms with Gasteiger partial charge < -0.3 is 19.4 Å². The lowest BCUT2D eigenvalue weighted by atomic mass is 10.2. The molecule has 0 radical (unpaired) electrons. The minimum Gasteiger partial charge on any atom is -0.438 e. The number of carbonyl (C=O) groups excluding carboxylic acids is 1. The molecule has 2 fully saturated rings. The van der Waals surface area contributed by atoms with Gasteiger partial charge >= 0.3 is 0 Å². The Hall–Kier alpha value is -2.48. The summed E-state index contributed by atoms with van der Waals surface area (Å²) in [5.41, 5.74) is 0.580. The highest BCUT2D eigenvalue weighted by Gasteiger charge is 2.33. The van der Waals surface area contributed by atoms with Crippen LogP contribution in [0.4, 0.5) is 5.82 Å². The van der Waals surface area contributed by atoms with Crippen molar-refractivity contribution in [2.24, 2.45) is 5.92 Å². The second-order valence-corrected chi connectivity index (χ2v) is 6.48. The molecule has 1 atom stereocenters. The Balaban J connectivity index is 1.55. The maximum Gasteiger partial charge on any atom is 0.292 e. The number of morpholine rings is 1. The molecule has 132 valence electrons. The van der Waals surface area contributed by atoms with Crippen LogP contribution in [0.1, 0.15) is 41.0 Å². The standard InChI is InChI=1S/C17H21N5O3/c1-11-15(25-10-20-11)17(23)22-6-7-24-9-13(22)16-18-5-4-14(21-16)19-8-12-2-3-12/h4-5,10,12-13H,2-3,6-9H2,1H3,(H,18,19,21). The van der Waals surface area contributed by atoms with E-state index >= 15 is 0 Å². The number of nitrogens with zero attached hydrogens (tertiary/aromatic N) is 4. The van der Waals surface area contributed by atoms with E-state index in [0.29, 0.717) is 31.3 Å². The Labute approximate surface area is 145 Å². The fourth-order valence-electron chi connectivity index (χ4n) is 2.90. The van der Waals surface area contributed by atoms with Crippen molar-refractivity contribution in [3.63, 3.8) is 0 Å². The van der Waals surface area contributed by atoms with Crippen LogP contribution in [0.25, 0.3) is 0 Å². The van der Waals surface area contributed by atoms with Gasteiger partial charge in [0.1, 0.15) is 11.9 Å². The van der Waals surface area contributed by atoms with Gasteiger partial charge in [-0.05, 0) is 31.7 Å². The van der Waals surface area contributed by atoms with Crippen LogP contribution >= 0.6 is 0 Å². The first kappa shape index (κ1) is 16.0. The molecule has 0 spiro atoms. The Kier molecular flexibility index (Phi) is 4.35. The first-order valence-corrected chi connectivity index (χ1v) is 8.58. The van der Waals surface area contributed by atoms with Crippen molar-refractivity contribution in [2.75, 3.05) is 31.6 Å². The smallest absolute Gasteiger partial charge is 0.292 e. The van der Waals surface area contributed by atoms with Crippen LogP contribution in [0.5, 0.6) is 0 Å². The molecule has 0 aromatic carbocycles. The molecule has 1 unspecified atom stereocenters. The van der Waals surface area contributed by atoms with Crippen molar-refractivity contribution in [3.8, 4) is 0 Å². The van der Waals surface area contributed by atoms with Crippen LogP contribution in [0.3, 0.4) is 0 Å². The predicted octanol–water partition coefficient (Wildman–Crippen LogP) is 1.81. The Morgan fingerprint density at radius 2 is 2.28 bits per heavy atom. The number of hydrogen-bond acceptors (Lipinski definition) is 7. The van der Waals surface area contributed by atoms with Gasteiger partial charge in [0.2, 0.25) is 5.76 Å². The first-order valence-electron chi connectivity index (χ1n) is 8.58. The molecule has 2 aromatic rings. The van der Waals surface area contributed by atoms with Crippen LogP contribution < -0.4 is 5.32 Å². The van der Waals surface area contributed by atoms with E-state index in [1.54, 1.807) is 18.0 Å². The van der Waals surface area contributed by atoms with E-state index in [-0.39, 0.29) is 17.7 Å². The van der Waals surface area contributed by atoms with E-state index in [9.17, 15) is 4.79 Å². The van der Waals surface area contributed by atoms with Gasteiger partial charge in [0.15, 0.2) is 12.2 Å². The summed E-state index contributed by atoms with van der Waals surface area (Å²) in [7, 11) is 0. The van der Waals surface area contributed by atoms with Crippen LogP contribution in [0, 0.1) is 12.8 Å². The Bertz CT molecular complexity index is 758. The molecule has 8 nitrogen and oxygen atoms in total. The summed E-state index contributed by atoms with van der Waals surface area (Å²) in [6, 6.07) is 1.51. The second-order valence-electron chi connectivity index (χ2n) is 6.48. The van der Waals surface area contributed by atoms with Gasteiger partial charge in [0.25, 0.3) is 5.91 Å². The van der Waals surface area contributed by atoms with Gasteiger partial charge in [0, 0.05) is 19.3 Å². The average Bonchev–Trinajstić information content (AvgIpc) is 3.39. The zero-order valence-corrected chi connectivity index (χ0v) is 14.1. The molecule has 4 rings (SSSR count). The molecule has 0 bridgehead atoms. The lowest BCUT2D eigenvalue weighted by molar-refractivity contribution is -0.00677. The number of rotatable bonds is 5. The summed E-state index contributed by atoms with van der Waals surface area (Å²) in [6.45, 7) is 4.00. The highest BCUT2D eigenvalue weighted by molar-refractivity contribution is 5.92. The van der Waals surface area contributed by atoms with E-state index in [1.807, 2.05) is 6.07 Å². The minimum absolute atomic E-state index is 0.205. The van der Waals surface area contributed by atoms with E-state index < -0.39 is 0 Å². The van der Waals surface area contributed by atoms with Gasteiger partial charge in [-0.15, -0.1) is 0 Å². The summed E-state index contributed by atoms with van der Waals surface area (Å²) in [5.74, 6) is 2.17. The van der Waals surface area contributed by atoms with Gasteiger partial charge in [-0.25, -0.2) is 15.0 Å². The number of oxazole rings is 1. The van der Waals surface area contributed by atoms with Crippen molar-refractivity contribution in [3.05, 3.63) is 35.9 Å². The van der Waals surface area contributed by atoms with Crippen molar-refractivity contribution < 1.29 is 13.9 Å². The number of carbonyl (C=O) groups is 1. The van der Waals surface area contributed by atoms with E-state index in [4.69, 9.17) is 9.15 Å². The molecule has 1 amide bonds. The molecule has 3 heterocycles. The number of aromatic nitrogens is 3. The van der Waals surface area contributed by atoms with Gasteiger partial charge in [-0.2, -0.15) is 0 Å².